The summed E-state index contributed by atoms with van der Waals surface area (Å²) in [6, 6.07) is 17.5. The zero-order chi connectivity index (χ0) is 21.1. The van der Waals surface area contributed by atoms with Gasteiger partial charge in [-0.15, -0.1) is 0 Å². The lowest BCUT2D eigenvalue weighted by Gasteiger charge is -2.27. The van der Waals surface area contributed by atoms with Crippen LogP contribution in [0.25, 0.3) is 0 Å². The molecule has 0 radical (unpaired) electrons. The number of rotatable bonds is 5. The molecule has 0 spiro atoms. The highest BCUT2D eigenvalue weighted by Gasteiger charge is 2.21. The van der Waals surface area contributed by atoms with E-state index in [1.807, 2.05) is 56.3 Å². The third-order valence-electron chi connectivity index (χ3n) is 5.42. The number of carbonyl (C=O) groups excluding carboxylic acids is 1. The van der Waals surface area contributed by atoms with Crippen molar-refractivity contribution < 1.29 is 4.79 Å². The predicted molar refractivity (Wildman–Crippen MR) is 118 cm³/mol. The third kappa shape index (κ3) is 4.66. The Morgan fingerprint density at radius 2 is 1.90 bits per heavy atom. The molecule has 0 saturated heterocycles. The van der Waals surface area contributed by atoms with Crippen molar-refractivity contribution in [1.29, 1.82) is 0 Å². The molecule has 0 atom stereocenters. The average molecular weight is 402 g/mol. The van der Waals surface area contributed by atoms with Crippen LogP contribution in [0.3, 0.4) is 0 Å². The zero-order valence-electron chi connectivity index (χ0n) is 17.4. The minimum absolute atomic E-state index is 0.0456. The molecular weight excluding hydrogens is 376 g/mol. The summed E-state index contributed by atoms with van der Waals surface area (Å²) in [5.74, 6) is -0.0456. The van der Waals surface area contributed by atoms with E-state index in [1.54, 1.807) is 6.07 Å². The fourth-order valence-electron chi connectivity index (χ4n) is 3.85. The molecule has 3 aromatic rings. The molecule has 154 valence electrons. The Labute approximate surface area is 176 Å². The van der Waals surface area contributed by atoms with Gasteiger partial charge in [0.05, 0.1) is 18.8 Å². The lowest BCUT2D eigenvalue weighted by atomic mass is 10.1. The largest absolute Gasteiger partial charge is 0.325 e. The molecule has 0 unspecified atom stereocenters. The summed E-state index contributed by atoms with van der Waals surface area (Å²) in [7, 11) is 0. The van der Waals surface area contributed by atoms with Crippen molar-refractivity contribution >= 4 is 11.6 Å². The van der Waals surface area contributed by atoms with Crippen LogP contribution in [0.2, 0.25) is 0 Å². The highest BCUT2D eigenvalue weighted by Crippen LogP contribution is 2.18. The number of anilines is 1. The molecule has 0 bridgehead atoms. The van der Waals surface area contributed by atoms with Crippen LogP contribution >= 0.6 is 0 Å². The number of nitrogens with zero attached hydrogens (tertiary/aromatic N) is 3. The van der Waals surface area contributed by atoms with Crippen LogP contribution in [0.15, 0.2) is 59.4 Å². The van der Waals surface area contributed by atoms with Gasteiger partial charge in [0, 0.05) is 31.3 Å². The third-order valence-corrected chi connectivity index (χ3v) is 5.42. The Hall–Kier alpha value is -3.25. The molecule has 0 aliphatic carbocycles. The molecule has 0 fully saturated rings. The Kier molecular flexibility index (Phi) is 5.77. The number of hydrogen-bond acceptors (Lipinski definition) is 4. The summed E-state index contributed by atoms with van der Waals surface area (Å²) in [4.78, 5) is 27.1. The number of aryl methyl sites for hydroxylation is 2. The predicted octanol–water partition coefficient (Wildman–Crippen LogP) is 2.91. The number of carbonyl (C=O) groups is 1. The van der Waals surface area contributed by atoms with Gasteiger partial charge in [0.1, 0.15) is 0 Å². The van der Waals surface area contributed by atoms with Crippen molar-refractivity contribution in [3.8, 4) is 0 Å². The van der Waals surface area contributed by atoms with Crippen molar-refractivity contribution in [2.45, 2.75) is 33.4 Å². The first-order valence-corrected chi connectivity index (χ1v) is 10.2. The lowest BCUT2D eigenvalue weighted by molar-refractivity contribution is -0.117. The van der Waals surface area contributed by atoms with Gasteiger partial charge in [-0.2, -0.15) is 5.10 Å². The Morgan fingerprint density at radius 3 is 2.67 bits per heavy atom. The average Bonchev–Trinajstić information content (AvgIpc) is 2.71. The second-order valence-corrected chi connectivity index (χ2v) is 7.92. The van der Waals surface area contributed by atoms with Crippen LogP contribution in [0.5, 0.6) is 0 Å². The number of hydrogen-bond donors (Lipinski definition) is 1. The Balaban J connectivity index is 1.41. The van der Waals surface area contributed by atoms with Crippen molar-refractivity contribution in [3.63, 3.8) is 0 Å². The van der Waals surface area contributed by atoms with E-state index in [0.717, 1.165) is 41.0 Å². The molecule has 1 aliphatic heterocycles. The van der Waals surface area contributed by atoms with Crippen molar-refractivity contribution in [2.24, 2.45) is 0 Å². The van der Waals surface area contributed by atoms with Crippen molar-refractivity contribution in [1.82, 2.24) is 14.7 Å². The molecule has 4 rings (SSSR count). The maximum absolute atomic E-state index is 12.5. The van der Waals surface area contributed by atoms with E-state index in [4.69, 9.17) is 0 Å². The number of amides is 1. The molecule has 1 amide bonds. The first kappa shape index (κ1) is 20.0. The summed E-state index contributed by atoms with van der Waals surface area (Å²) >= 11 is 0. The Morgan fingerprint density at radius 1 is 1.10 bits per heavy atom. The minimum Gasteiger partial charge on any atom is -0.325 e. The fourth-order valence-corrected chi connectivity index (χ4v) is 3.85. The van der Waals surface area contributed by atoms with Crippen molar-refractivity contribution in [3.05, 3.63) is 92.9 Å². The standard InChI is InChI=1S/C24H26N4O2/c1-17-8-9-21(18(2)12-17)25-23(29)16-27-11-10-22-20(15-27)13-24(30)28(26-22)14-19-6-4-3-5-7-19/h3-9,12-13H,10-11,14-16H2,1-2H3,(H,25,29). The summed E-state index contributed by atoms with van der Waals surface area (Å²) < 4.78 is 1.52. The van der Waals surface area contributed by atoms with Gasteiger partial charge >= 0.3 is 0 Å². The van der Waals surface area contributed by atoms with E-state index in [9.17, 15) is 9.59 Å². The maximum Gasteiger partial charge on any atom is 0.267 e. The summed E-state index contributed by atoms with van der Waals surface area (Å²) in [5.41, 5.74) is 5.85. The van der Waals surface area contributed by atoms with E-state index < -0.39 is 0 Å². The topological polar surface area (TPSA) is 67.2 Å². The van der Waals surface area contributed by atoms with E-state index in [0.29, 0.717) is 19.6 Å². The molecule has 2 aromatic carbocycles. The van der Waals surface area contributed by atoms with Crippen molar-refractivity contribution in [2.75, 3.05) is 18.4 Å². The van der Waals surface area contributed by atoms with Gasteiger partial charge in [0.15, 0.2) is 0 Å². The van der Waals surface area contributed by atoms with Gasteiger partial charge in [-0.3, -0.25) is 14.5 Å². The number of aromatic nitrogens is 2. The van der Waals surface area contributed by atoms with Crippen LogP contribution in [0.1, 0.15) is 27.9 Å². The van der Waals surface area contributed by atoms with E-state index in [2.05, 4.69) is 21.4 Å². The van der Waals surface area contributed by atoms with E-state index in [-0.39, 0.29) is 11.5 Å². The van der Waals surface area contributed by atoms with Gasteiger partial charge in [-0.1, -0.05) is 48.0 Å². The first-order chi connectivity index (χ1) is 14.5. The molecule has 1 aromatic heterocycles. The minimum atomic E-state index is -0.112. The highest BCUT2D eigenvalue weighted by molar-refractivity contribution is 5.93. The second-order valence-electron chi connectivity index (χ2n) is 7.92. The van der Waals surface area contributed by atoms with Crippen LogP contribution < -0.4 is 10.9 Å². The highest BCUT2D eigenvalue weighted by atomic mass is 16.2. The molecule has 1 aliphatic rings. The summed E-state index contributed by atoms with van der Waals surface area (Å²) in [6.45, 7) is 6.08. The number of fused-ring (bicyclic) bond motifs is 1. The maximum atomic E-state index is 12.5. The SMILES string of the molecule is Cc1ccc(NC(=O)CN2CCc3nn(Cc4ccccc4)c(=O)cc3C2)c(C)c1. The molecule has 30 heavy (non-hydrogen) atoms. The number of nitrogens with one attached hydrogen (secondary N) is 1. The molecule has 1 N–H and O–H groups in total. The van der Waals surface area contributed by atoms with Gasteiger partial charge in [-0.25, -0.2) is 4.68 Å². The van der Waals surface area contributed by atoms with Crippen LogP contribution in [0.4, 0.5) is 5.69 Å². The van der Waals surface area contributed by atoms with Gasteiger partial charge in [-0.05, 0) is 36.6 Å². The van der Waals surface area contributed by atoms with Gasteiger partial charge < -0.3 is 5.32 Å². The summed E-state index contributed by atoms with van der Waals surface area (Å²) in [6.07, 6.45) is 0.723. The van der Waals surface area contributed by atoms with E-state index in [1.165, 1.54) is 10.2 Å². The Bertz CT molecular complexity index is 1120. The molecule has 6 heteroatoms. The summed E-state index contributed by atoms with van der Waals surface area (Å²) in [5, 5.41) is 7.58. The smallest absolute Gasteiger partial charge is 0.267 e. The van der Waals surface area contributed by atoms with Gasteiger partial charge in [0.25, 0.3) is 5.56 Å². The molecular formula is C24H26N4O2. The van der Waals surface area contributed by atoms with Gasteiger partial charge in [0.2, 0.25) is 5.91 Å². The van der Waals surface area contributed by atoms with E-state index >= 15 is 0 Å². The quantitative estimate of drug-likeness (QED) is 0.713. The van der Waals surface area contributed by atoms with Crippen LogP contribution in [-0.2, 0) is 24.3 Å². The molecule has 2 heterocycles. The second kappa shape index (κ2) is 8.63. The zero-order valence-corrected chi connectivity index (χ0v) is 17.4. The number of benzene rings is 2. The lowest BCUT2D eigenvalue weighted by Crippen LogP contribution is -2.39. The molecule has 0 saturated carbocycles. The monoisotopic (exact) mass is 402 g/mol. The van der Waals surface area contributed by atoms with Crippen LogP contribution in [-0.4, -0.2) is 33.7 Å². The fraction of sp³-hybridized carbons (Fsp3) is 0.292. The van der Waals surface area contributed by atoms with Crippen LogP contribution in [0, 0.1) is 13.8 Å². The molecule has 6 nitrogen and oxygen atoms in total. The first-order valence-electron chi connectivity index (χ1n) is 10.2. The normalized spacial score (nSPS) is 13.7.